The molecular weight excluding hydrogens is 478 g/mol. The van der Waals surface area contributed by atoms with Crippen molar-refractivity contribution in [3.05, 3.63) is 24.3 Å². The highest BCUT2D eigenvalue weighted by Crippen LogP contribution is 2.64. The van der Waals surface area contributed by atoms with Crippen molar-refractivity contribution < 1.29 is 29.0 Å². The average Bonchev–Trinajstić information content (AvgIpc) is 3.60. The van der Waals surface area contributed by atoms with Gasteiger partial charge in [-0.15, -0.1) is 5.10 Å². The maximum Gasteiger partial charge on any atom is 0.312 e. The third-order valence-corrected chi connectivity index (χ3v) is 8.54. The van der Waals surface area contributed by atoms with Gasteiger partial charge in [0.05, 0.1) is 36.3 Å². The van der Waals surface area contributed by atoms with Gasteiger partial charge < -0.3 is 24.8 Å². The van der Waals surface area contributed by atoms with E-state index in [1.54, 1.807) is 11.6 Å². The van der Waals surface area contributed by atoms with Gasteiger partial charge >= 0.3 is 5.97 Å². The molecule has 0 saturated carbocycles. The number of nitrogens with one attached hydrogen (secondary N) is 1. The van der Waals surface area contributed by atoms with Gasteiger partial charge in [-0.2, -0.15) is 0 Å². The summed E-state index contributed by atoms with van der Waals surface area (Å²) in [7, 11) is 0. The number of aliphatic hydroxyl groups is 1. The standard InChI is InChI=1S/C26H35N5O6/c1-5-25-11-12-26(37-25)19(20(25)24(35)36-6-2)23(34)31(18(13-32)15(3)4)21(26)22(33)27-14-30-17-10-8-7-9-16(17)28-29-30/h7-10,15,18-21,32H,5-6,11-14H2,1-4H3,(H,27,33)/t18-,19-,20+,21?,25-,26?/m0/s1. The van der Waals surface area contributed by atoms with Crippen LogP contribution in [0.1, 0.15) is 47.0 Å². The number of likely N-dealkylation sites (tertiary alicyclic amines) is 1. The Morgan fingerprint density at radius 1 is 1.27 bits per heavy atom. The minimum Gasteiger partial charge on any atom is -0.466 e. The van der Waals surface area contributed by atoms with E-state index in [9.17, 15) is 19.5 Å². The fourth-order valence-corrected chi connectivity index (χ4v) is 6.81. The van der Waals surface area contributed by atoms with E-state index in [0.29, 0.717) is 24.8 Å². The number of aromatic nitrogens is 3. The van der Waals surface area contributed by atoms with E-state index < -0.39 is 47.0 Å². The highest BCUT2D eigenvalue weighted by molar-refractivity contribution is 5.98. The first kappa shape index (κ1) is 25.6. The Kier molecular flexibility index (Phi) is 6.47. The summed E-state index contributed by atoms with van der Waals surface area (Å²) in [6.45, 7) is 7.37. The predicted octanol–water partition coefficient (Wildman–Crippen LogP) is 1.24. The summed E-state index contributed by atoms with van der Waals surface area (Å²) < 4.78 is 13.7. The van der Waals surface area contributed by atoms with Crippen LogP contribution in [0.25, 0.3) is 11.0 Å². The molecule has 3 saturated heterocycles. The Labute approximate surface area is 215 Å². The van der Waals surface area contributed by atoms with Crippen LogP contribution in [-0.2, 0) is 30.5 Å². The average molecular weight is 514 g/mol. The summed E-state index contributed by atoms with van der Waals surface area (Å²) >= 11 is 0. The molecule has 6 atom stereocenters. The lowest BCUT2D eigenvalue weighted by atomic mass is 9.65. The van der Waals surface area contributed by atoms with E-state index in [1.165, 1.54) is 4.90 Å². The third kappa shape index (κ3) is 3.65. The summed E-state index contributed by atoms with van der Waals surface area (Å²) in [6, 6.07) is 5.80. The molecule has 1 aromatic heterocycles. The van der Waals surface area contributed by atoms with Gasteiger partial charge in [0.15, 0.2) is 0 Å². The van der Waals surface area contributed by atoms with Crippen molar-refractivity contribution in [1.82, 2.24) is 25.2 Å². The van der Waals surface area contributed by atoms with Crippen molar-refractivity contribution in [2.75, 3.05) is 13.2 Å². The van der Waals surface area contributed by atoms with Gasteiger partial charge in [-0.05, 0) is 44.2 Å². The van der Waals surface area contributed by atoms with Crippen molar-refractivity contribution in [3.8, 4) is 0 Å². The molecule has 2 bridgehead atoms. The predicted molar refractivity (Wildman–Crippen MR) is 132 cm³/mol. The Bertz CT molecular complexity index is 1220. The van der Waals surface area contributed by atoms with Crippen molar-refractivity contribution in [3.63, 3.8) is 0 Å². The molecule has 3 aliphatic heterocycles. The molecule has 2 aromatic rings. The molecule has 0 radical (unpaired) electrons. The van der Waals surface area contributed by atoms with Crippen LogP contribution >= 0.6 is 0 Å². The second-order valence-electron chi connectivity index (χ2n) is 10.6. The second kappa shape index (κ2) is 9.36. The maximum absolute atomic E-state index is 14.1. The van der Waals surface area contributed by atoms with Crippen LogP contribution < -0.4 is 5.32 Å². The maximum atomic E-state index is 14.1. The first-order valence-corrected chi connectivity index (χ1v) is 13.1. The van der Waals surface area contributed by atoms with Crippen molar-refractivity contribution in [2.24, 2.45) is 17.8 Å². The lowest BCUT2D eigenvalue weighted by Crippen LogP contribution is -2.59. The molecule has 3 aliphatic rings. The summed E-state index contributed by atoms with van der Waals surface area (Å²) in [5.74, 6) is -3.00. The van der Waals surface area contributed by atoms with E-state index in [2.05, 4.69) is 15.6 Å². The van der Waals surface area contributed by atoms with E-state index in [4.69, 9.17) is 9.47 Å². The minimum absolute atomic E-state index is 0.0460. The zero-order valence-corrected chi connectivity index (χ0v) is 21.7. The molecule has 3 fully saturated rings. The quantitative estimate of drug-likeness (QED) is 0.478. The molecule has 200 valence electrons. The number of aliphatic hydroxyl groups excluding tert-OH is 1. The first-order chi connectivity index (χ1) is 17.7. The molecule has 1 aromatic carbocycles. The fraction of sp³-hybridized carbons (Fsp3) is 0.654. The zero-order valence-electron chi connectivity index (χ0n) is 21.7. The number of ether oxygens (including phenoxy) is 2. The Morgan fingerprint density at radius 3 is 2.70 bits per heavy atom. The third-order valence-electron chi connectivity index (χ3n) is 8.54. The number of carbonyl (C=O) groups is 3. The van der Waals surface area contributed by atoms with Gasteiger partial charge in [-0.1, -0.05) is 38.1 Å². The topological polar surface area (TPSA) is 136 Å². The van der Waals surface area contributed by atoms with Crippen LogP contribution in [0, 0.1) is 17.8 Å². The second-order valence-corrected chi connectivity index (χ2v) is 10.6. The van der Waals surface area contributed by atoms with Crippen LogP contribution in [0.15, 0.2) is 24.3 Å². The van der Waals surface area contributed by atoms with Gasteiger partial charge in [0, 0.05) is 0 Å². The molecule has 11 heteroatoms. The number of carbonyl (C=O) groups excluding carboxylic acids is 3. The first-order valence-electron chi connectivity index (χ1n) is 13.1. The number of esters is 1. The molecule has 37 heavy (non-hydrogen) atoms. The zero-order chi connectivity index (χ0) is 26.5. The Balaban J connectivity index is 1.53. The van der Waals surface area contributed by atoms with Crippen molar-refractivity contribution in [2.45, 2.75) is 76.9 Å². The minimum atomic E-state index is -1.18. The molecule has 0 aliphatic carbocycles. The van der Waals surface area contributed by atoms with Gasteiger partial charge in [-0.25, -0.2) is 4.68 Å². The monoisotopic (exact) mass is 513 g/mol. The largest absolute Gasteiger partial charge is 0.466 e. The summed E-state index contributed by atoms with van der Waals surface area (Å²) in [5, 5.41) is 21.5. The fourth-order valence-electron chi connectivity index (χ4n) is 6.81. The van der Waals surface area contributed by atoms with Crippen LogP contribution in [0.4, 0.5) is 0 Å². The molecule has 11 nitrogen and oxygen atoms in total. The SMILES string of the molecule is CCOC(=O)[C@H]1[C@H]2C(=O)N([C@@H](CO)C(C)C)C(C(=O)NCn3nnc4ccccc43)C23CC[C@]1(CC)O3. The molecule has 4 heterocycles. The molecule has 1 spiro atoms. The van der Waals surface area contributed by atoms with Gasteiger partial charge in [-0.3, -0.25) is 14.4 Å². The molecule has 5 rings (SSSR count). The number of hydrogen-bond acceptors (Lipinski definition) is 8. The van der Waals surface area contributed by atoms with Crippen LogP contribution in [0.2, 0.25) is 0 Å². The molecule has 2 unspecified atom stereocenters. The van der Waals surface area contributed by atoms with E-state index >= 15 is 0 Å². The molecular formula is C26H35N5O6. The number of nitrogens with zero attached hydrogens (tertiary/aromatic N) is 4. The van der Waals surface area contributed by atoms with E-state index in [0.717, 1.165) is 5.52 Å². The summed E-state index contributed by atoms with van der Waals surface area (Å²) in [4.78, 5) is 42.7. The van der Waals surface area contributed by atoms with Gasteiger partial charge in [0.1, 0.15) is 29.7 Å². The highest BCUT2D eigenvalue weighted by atomic mass is 16.6. The normalized spacial score (nSPS) is 31.2. The van der Waals surface area contributed by atoms with E-state index in [-0.39, 0.29) is 31.7 Å². The van der Waals surface area contributed by atoms with Crippen LogP contribution in [0.5, 0.6) is 0 Å². The Hall–Kier alpha value is -3.05. The van der Waals surface area contributed by atoms with Crippen LogP contribution in [-0.4, -0.2) is 79.3 Å². The number of fused-ring (bicyclic) bond motifs is 2. The van der Waals surface area contributed by atoms with Gasteiger partial charge in [0.25, 0.3) is 0 Å². The van der Waals surface area contributed by atoms with Gasteiger partial charge in [0.2, 0.25) is 11.8 Å². The van der Waals surface area contributed by atoms with E-state index in [1.807, 2.05) is 45.0 Å². The van der Waals surface area contributed by atoms with Crippen molar-refractivity contribution in [1.29, 1.82) is 0 Å². The number of rotatable bonds is 9. The summed E-state index contributed by atoms with van der Waals surface area (Å²) in [6.07, 6.45) is 1.53. The highest BCUT2D eigenvalue weighted by Gasteiger charge is 2.79. The number of benzene rings is 1. The molecule has 2 amide bonds. The lowest BCUT2D eigenvalue weighted by molar-refractivity contribution is -0.162. The number of hydrogen-bond donors (Lipinski definition) is 2. The number of amides is 2. The summed E-state index contributed by atoms with van der Waals surface area (Å²) in [5.41, 5.74) is -0.570. The smallest absolute Gasteiger partial charge is 0.312 e. The Morgan fingerprint density at radius 2 is 2.03 bits per heavy atom. The van der Waals surface area contributed by atoms with Crippen molar-refractivity contribution >= 4 is 28.8 Å². The molecule has 2 N–H and O–H groups in total. The van der Waals surface area contributed by atoms with Crippen LogP contribution in [0.3, 0.4) is 0 Å². The number of para-hydroxylation sites is 1. The lowest BCUT2D eigenvalue weighted by Gasteiger charge is -2.38.